The molecule has 0 unspecified atom stereocenters. The van der Waals surface area contributed by atoms with Crippen LogP contribution in [0.25, 0.3) is 6.08 Å². The van der Waals surface area contributed by atoms with Crippen molar-refractivity contribution in [2.45, 2.75) is 4.90 Å². The van der Waals surface area contributed by atoms with E-state index < -0.39 is 13.6 Å². The first-order valence-electron chi connectivity index (χ1n) is 7.65. The Kier molecular flexibility index (Phi) is 7.10. The van der Waals surface area contributed by atoms with Gasteiger partial charge in [-0.3, -0.25) is 14.6 Å². The number of ketones is 1. The van der Waals surface area contributed by atoms with Crippen LogP contribution in [0.1, 0.15) is 15.9 Å². The van der Waals surface area contributed by atoms with Crippen LogP contribution < -0.4 is 14.0 Å². The molecule has 0 heterocycles. The molecule has 0 fully saturated rings. The molecule has 0 saturated heterocycles. The molecule has 0 aliphatic carbocycles. The number of methoxy groups -OCH3 is 2. The summed E-state index contributed by atoms with van der Waals surface area (Å²) >= 11 is 1.60. The fourth-order valence-electron chi connectivity index (χ4n) is 2.26. The lowest BCUT2D eigenvalue weighted by atomic mass is 10.1. The third kappa shape index (κ3) is 5.87. The first-order valence-corrected chi connectivity index (χ1v) is 10.4. The Balaban J connectivity index is 2.42. The SMILES string of the molecule is COc1cc(OC)c(C(=O)C=Cc2ccc(SC)cc2)c(OP(=O)(O)O)c1. The van der Waals surface area contributed by atoms with Crippen LogP contribution in [-0.4, -0.2) is 36.0 Å². The van der Waals surface area contributed by atoms with Gasteiger partial charge in [-0.05, 0) is 30.0 Å². The van der Waals surface area contributed by atoms with E-state index in [4.69, 9.17) is 19.3 Å². The number of allylic oxidation sites excluding steroid dienone is 1. The Morgan fingerprint density at radius 3 is 2.22 bits per heavy atom. The lowest BCUT2D eigenvalue weighted by molar-refractivity contribution is 0.104. The number of carbonyl (C=O) groups excluding carboxylic acids is 1. The van der Waals surface area contributed by atoms with Crippen molar-refractivity contribution in [2.75, 3.05) is 20.5 Å². The van der Waals surface area contributed by atoms with Gasteiger partial charge in [0.2, 0.25) is 0 Å². The second-order valence-corrected chi connectivity index (χ2v) is 7.30. The molecule has 27 heavy (non-hydrogen) atoms. The summed E-state index contributed by atoms with van der Waals surface area (Å²) in [5.41, 5.74) is 0.685. The van der Waals surface area contributed by atoms with Gasteiger partial charge in [0, 0.05) is 17.0 Å². The molecule has 9 heteroatoms. The van der Waals surface area contributed by atoms with Crippen molar-refractivity contribution in [3.05, 3.63) is 53.6 Å². The maximum absolute atomic E-state index is 12.7. The topological polar surface area (TPSA) is 102 Å². The fourth-order valence-corrected chi connectivity index (χ4v) is 3.07. The quantitative estimate of drug-likeness (QED) is 0.293. The minimum atomic E-state index is -4.89. The van der Waals surface area contributed by atoms with Crippen LogP contribution in [0, 0.1) is 0 Å². The number of phosphoric acid groups is 1. The molecule has 7 nitrogen and oxygen atoms in total. The van der Waals surface area contributed by atoms with Crippen LogP contribution in [0.4, 0.5) is 0 Å². The van der Waals surface area contributed by atoms with E-state index in [-0.39, 0.29) is 22.8 Å². The van der Waals surface area contributed by atoms with Crippen molar-refractivity contribution >= 4 is 31.4 Å². The minimum Gasteiger partial charge on any atom is -0.496 e. The van der Waals surface area contributed by atoms with Gasteiger partial charge in [0.05, 0.1) is 14.2 Å². The number of rotatable bonds is 8. The van der Waals surface area contributed by atoms with Crippen molar-refractivity contribution in [3.63, 3.8) is 0 Å². The van der Waals surface area contributed by atoms with Gasteiger partial charge in [0.1, 0.15) is 22.8 Å². The average Bonchev–Trinajstić information content (AvgIpc) is 2.64. The monoisotopic (exact) mass is 410 g/mol. The summed E-state index contributed by atoms with van der Waals surface area (Å²) in [5.74, 6) is -0.563. The molecular weight excluding hydrogens is 391 g/mol. The van der Waals surface area contributed by atoms with Crippen LogP contribution in [0.15, 0.2) is 47.4 Å². The van der Waals surface area contributed by atoms with E-state index in [0.29, 0.717) is 0 Å². The van der Waals surface area contributed by atoms with E-state index in [9.17, 15) is 9.36 Å². The Morgan fingerprint density at radius 2 is 1.70 bits per heavy atom. The molecule has 0 atom stereocenters. The van der Waals surface area contributed by atoms with E-state index in [1.807, 2.05) is 30.5 Å². The highest BCUT2D eigenvalue weighted by molar-refractivity contribution is 7.98. The number of carbonyl (C=O) groups is 1. The molecule has 0 amide bonds. The molecule has 0 aromatic heterocycles. The third-order valence-electron chi connectivity index (χ3n) is 3.50. The molecule has 0 spiro atoms. The van der Waals surface area contributed by atoms with Crippen molar-refractivity contribution in [3.8, 4) is 17.2 Å². The van der Waals surface area contributed by atoms with Gasteiger partial charge in [-0.15, -0.1) is 11.8 Å². The predicted molar refractivity (Wildman–Crippen MR) is 104 cm³/mol. The second-order valence-electron chi connectivity index (χ2n) is 5.26. The number of ether oxygens (including phenoxy) is 2. The molecule has 0 aliphatic rings. The summed E-state index contributed by atoms with van der Waals surface area (Å²) in [6.45, 7) is 0. The maximum atomic E-state index is 12.7. The normalized spacial score (nSPS) is 11.4. The number of hydrogen-bond donors (Lipinski definition) is 2. The van der Waals surface area contributed by atoms with Crippen LogP contribution in [0.3, 0.4) is 0 Å². The summed E-state index contributed by atoms with van der Waals surface area (Å²) < 4.78 is 26.2. The number of phosphoric ester groups is 1. The Labute approximate surface area is 161 Å². The van der Waals surface area contributed by atoms with E-state index >= 15 is 0 Å². The summed E-state index contributed by atoms with van der Waals surface area (Å²) in [6.07, 6.45) is 4.84. The molecule has 2 aromatic rings. The molecule has 2 rings (SSSR count). The molecule has 0 saturated carbocycles. The van der Waals surface area contributed by atoms with Gasteiger partial charge in [-0.2, -0.15) is 0 Å². The zero-order valence-corrected chi connectivity index (χ0v) is 16.6. The average molecular weight is 410 g/mol. The van der Waals surface area contributed by atoms with E-state index in [1.165, 1.54) is 32.4 Å². The molecule has 2 aromatic carbocycles. The van der Waals surface area contributed by atoms with Gasteiger partial charge in [-0.1, -0.05) is 18.2 Å². The van der Waals surface area contributed by atoms with Gasteiger partial charge in [0.25, 0.3) is 0 Å². The lowest BCUT2D eigenvalue weighted by Gasteiger charge is -2.15. The molecule has 0 radical (unpaired) electrons. The summed E-state index contributed by atoms with van der Waals surface area (Å²) in [5, 5.41) is 0. The largest absolute Gasteiger partial charge is 0.524 e. The zero-order chi connectivity index (χ0) is 20.0. The molecular formula is C18H19O7PS. The third-order valence-corrected chi connectivity index (χ3v) is 4.68. The van der Waals surface area contributed by atoms with Crippen LogP contribution >= 0.6 is 19.6 Å². The zero-order valence-electron chi connectivity index (χ0n) is 14.9. The second kappa shape index (κ2) is 9.10. The van der Waals surface area contributed by atoms with Gasteiger partial charge in [0.15, 0.2) is 5.78 Å². The van der Waals surface area contributed by atoms with Crippen molar-refractivity contribution in [2.24, 2.45) is 0 Å². The minimum absolute atomic E-state index is 0.0742. The van der Waals surface area contributed by atoms with Crippen LogP contribution in [0.2, 0.25) is 0 Å². The number of benzene rings is 2. The molecule has 0 aliphatic heterocycles. The standard InChI is InChI=1S/C18H19O7PS/c1-23-13-10-16(24-2)18(17(11-13)25-26(20,21)22)15(19)9-6-12-4-7-14(27-3)8-5-12/h4-11H,1-3H3,(H2,20,21,22). The molecule has 2 N–H and O–H groups in total. The Morgan fingerprint density at radius 1 is 1.07 bits per heavy atom. The summed E-state index contributed by atoms with van der Waals surface area (Å²) in [7, 11) is -2.19. The first kappa shape index (κ1) is 21.1. The summed E-state index contributed by atoms with van der Waals surface area (Å²) in [4.78, 5) is 32.0. The van der Waals surface area contributed by atoms with Gasteiger partial charge in [-0.25, -0.2) is 4.57 Å². The Hall–Kier alpha value is -2.25. The van der Waals surface area contributed by atoms with Gasteiger partial charge < -0.3 is 14.0 Å². The van der Waals surface area contributed by atoms with Crippen LogP contribution in [0.5, 0.6) is 17.2 Å². The van der Waals surface area contributed by atoms with Gasteiger partial charge >= 0.3 is 7.82 Å². The van der Waals surface area contributed by atoms with E-state index in [0.717, 1.165) is 10.5 Å². The maximum Gasteiger partial charge on any atom is 0.524 e. The predicted octanol–water partition coefficient (Wildman–Crippen LogP) is 3.79. The van der Waals surface area contributed by atoms with E-state index in [2.05, 4.69) is 4.52 Å². The van der Waals surface area contributed by atoms with Crippen molar-refractivity contribution < 1.29 is 33.1 Å². The summed E-state index contributed by atoms with van der Waals surface area (Å²) in [6, 6.07) is 10.2. The lowest BCUT2D eigenvalue weighted by Crippen LogP contribution is -2.04. The fraction of sp³-hybridized carbons (Fsp3) is 0.167. The molecule has 0 bridgehead atoms. The Bertz CT molecular complexity index is 887. The van der Waals surface area contributed by atoms with Crippen LogP contribution in [-0.2, 0) is 4.57 Å². The number of hydrogen-bond acceptors (Lipinski definition) is 6. The first-order chi connectivity index (χ1) is 12.8. The number of thioether (sulfide) groups is 1. The van der Waals surface area contributed by atoms with Crippen molar-refractivity contribution in [1.29, 1.82) is 0 Å². The highest BCUT2D eigenvalue weighted by Gasteiger charge is 2.25. The highest BCUT2D eigenvalue weighted by Crippen LogP contribution is 2.43. The smallest absolute Gasteiger partial charge is 0.496 e. The van der Waals surface area contributed by atoms with Crippen molar-refractivity contribution in [1.82, 2.24) is 0 Å². The highest BCUT2D eigenvalue weighted by atomic mass is 32.2. The molecule has 144 valence electrons. The van der Waals surface area contributed by atoms with E-state index in [1.54, 1.807) is 17.8 Å².